The van der Waals surface area contributed by atoms with Crippen molar-refractivity contribution in [1.29, 1.82) is 0 Å². The lowest BCUT2D eigenvalue weighted by Crippen LogP contribution is -2.51. The number of nitrogens with zero attached hydrogens (tertiary/aromatic N) is 3. The summed E-state index contributed by atoms with van der Waals surface area (Å²) in [5, 5.41) is 0.630. The van der Waals surface area contributed by atoms with E-state index in [2.05, 4.69) is 11.9 Å². The van der Waals surface area contributed by atoms with Gasteiger partial charge in [0.2, 0.25) is 11.8 Å². The van der Waals surface area contributed by atoms with E-state index in [-0.39, 0.29) is 23.8 Å². The molecule has 2 aromatic carbocycles. The van der Waals surface area contributed by atoms with Gasteiger partial charge in [-0.15, -0.1) is 0 Å². The van der Waals surface area contributed by atoms with Crippen LogP contribution in [0.4, 0.5) is 0 Å². The highest BCUT2D eigenvalue weighted by molar-refractivity contribution is 6.30. The molecule has 0 unspecified atom stereocenters. The maximum Gasteiger partial charge on any atom is 0.227 e. The van der Waals surface area contributed by atoms with Gasteiger partial charge in [-0.3, -0.25) is 9.59 Å². The molecular weight excluding hydrogens is 438 g/mol. The first kappa shape index (κ1) is 23.6. The molecule has 176 valence electrons. The molecule has 6 nitrogen and oxygen atoms in total. The summed E-state index contributed by atoms with van der Waals surface area (Å²) in [5.74, 6) is 0.971. The standard InChI is InChI=1S/C26H32ClN3O3/c1-28-12-14-29(15-13-28)26(32)18-21-19-30(25(31)17-20-6-5-7-22(27)16-20)11-10-24(21)33-23-8-3-2-4-9-23/h2-9,16,21,24H,10-15,17-19H2,1H3/t21-,24-/m0/s1. The first-order valence-electron chi connectivity index (χ1n) is 11.7. The van der Waals surface area contributed by atoms with Crippen molar-refractivity contribution in [3.63, 3.8) is 0 Å². The summed E-state index contributed by atoms with van der Waals surface area (Å²) in [5.41, 5.74) is 0.903. The summed E-state index contributed by atoms with van der Waals surface area (Å²) in [7, 11) is 2.08. The smallest absolute Gasteiger partial charge is 0.227 e. The van der Waals surface area contributed by atoms with Crippen LogP contribution in [0.2, 0.25) is 5.02 Å². The lowest BCUT2D eigenvalue weighted by molar-refractivity contribution is -0.139. The molecule has 7 heteroatoms. The highest BCUT2D eigenvalue weighted by atomic mass is 35.5. The van der Waals surface area contributed by atoms with Gasteiger partial charge < -0.3 is 19.4 Å². The van der Waals surface area contributed by atoms with Crippen LogP contribution in [0.1, 0.15) is 18.4 Å². The summed E-state index contributed by atoms with van der Waals surface area (Å²) in [6, 6.07) is 17.2. The van der Waals surface area contributed by atoms with Crippen LogP contribution < -0.4 is 4.74 Å². The highest BCUT2D eigenvalue weighted by Gasteiger charge is 2.35. The topological polar surface area (TPSA) is 53.1 Å². The maximum atomic E-state index is 13.1. The predicted molar refractivity (Wildman–Crippen MR) is 129 cm³/mol. The van der Waals surface area contributed by atoms with Gasteiger partial charge in [-0.25, -0.2) is 0 Å². The molecule has 2 aliphatic heterocycles. The number of carbonyl (C=O) groups is 2. The molecule has 33 heavy (non-hydrogen) atoms. The van der Waals surface area contributed by atoms with Gasteiger partial charge in [-0.1, -0.05) is 41.9 Å². The van der Waals surface area contributed by atoms with Gasteiger partial charge in [0.05, 0.1) is 6.42 Å². The summed E-state index contributed by atoms with van der Waals surface area (Å²) in [6.07, 6.45) is 1.31. The number of ether oxygens (including phenoxy) is 1. The van der Waals surface area contributed by atoms with E-state index < -0.39 is 0 Å². The molecule has 2 fully saturated rings. The van der Waals surface area contributed by atoms with Crippen molar-refractivity contribution in [3.8, 4) is 5.75 Å². The van der Waals surface area contributed by atoms with Gasteiger partial charge in [-0.2, -0.15) is 0 Å². The lowest BCUT2D eigenvalue weighted by Gasteiger charge is -2.40. The number of piperidine rings is 1. The quantitative estimate of drug-likeness (QED) is 0.651. The van der Waals surface area contributed by atoms with Crippen molar-refractivity contribution < 1.29 is 14.3 Å². The number of benzene rings is 2. The van der Waals surface area contributed by atoms with E-state index in [0.717, 1.165) is 37.5 Å². The highest BCUT2D eigenvalue weighted by Crippen LogP contribution is 2.27. The number of carbonyl (C=O) groups excluding carboxylic acids is 2. The molecule has 0 aromatic heterocycles. The number of likely N-dealkylation sites (tertiary alicyclic amines) is 1. The van der Waals surface area contributed by atoms with Crippen LogP contribution in [-0.4, -0.2) is 78.9 Å². The lowest BCUT2D eigenvalue weighted by atomic mass is 9.90. The third-order valence-electron chi connectivity index (χ3n) is 6.58. The number of hydrogen-bond donors (Lipinski definition) is 0. The van der Waals surface area contributed by atoms with Crippen molar-refractivity contribution in [3.05, 3.63) is 65.2 Å². The van der Waals surface area contributed by atoms with Crippen molar-refractivity contribution in [1.82, 2.24) is 14.7 Å². The molecule has 0 bridgehead atoms. The van der Waals surface area contributed by atoms with E-state index in [9.17, 15) is 9.59 Å². The van der Waals surface area contributed by atoms with Crippen molar-refractivity contribution in [2.45, 2.75) is 25.4 Å². The fraction of sp³-hybridized carbons (Fsp3) is 0.462. The molecule has 0 radical (unpaired) electrons. The van der Waals surface area contributed by atoms with E-state index in [4.69, 9.17) is 16.3 Å². The van der Waals surface area contributed by atoms with E-state index in [1.807, 2.05) is 64.4 Å². The molecule has 2 amide bonds. The molecule has 0 aliphatic carbocycles. The molecular formula is C26H32ClN3O3. The Morgan fingerprint density at radius 1 is 0.939 bits per heavy atom. The minimum absolute atomic E-state index is 0.0468. The minimum atomic E-state index is -0.0981. The Balaban J connectivity index is 1.43. The second kappa shape index (κ2) is 11.0. The van der Waals surface area contributed by atoms with Gasteiger partial charge in [0, 0.05) is 63.1 Å². The SMILES string of the molecule is CN1CCN(C(=O)C[C@H]2CN(C(=O)Cc3cccc(Cl)c3)CC[C@@H]2Oc2ccccc2)CC1. The Hall–Kier alpha value is -2.57. The van der Waals surface area contributed by atoms with Crippen LogP contribution in [0.3, 0.4) is 0 Å². The number of rotatable bonds is 6. The molecule has 2 heterocycles. The Labute approximate surface area is 201 Å². The number of halogens is 1. The Morgan fingerprint density at radius 3 is 2.42 bits per heavy atom. The largest absolute Gasteiger partial charge is 0.490 e. The van der Waals surface area contributed by atoms with Gasteiger partial charge in [0.1, 0.15) is 11.9 Å². The molecule has 0 N–H and O–H groups in total. The van der Waals surface area contributed by atoms with E-state index in [1.165, 1.54) is 0 Å². The van der Waals surface area contributed by atoms with Crippen LogP contribution in [0.15, 0.2) is 54.6 Å². The predicted octanol–water partition coefficient (Wildman–Crippen LogP) is 3.34. The van der Waals surface area contributed by atoms with Gasteiger partial charge >= 0.3 is 0 Å². The average molecular weight is 470 g/mol. The van der Waals surface area contributed by atoms with Crippen molar-refractivity contribution in [2.24, 2.45) is 5.92 Å². The second-order valence-electron chi connectivity index (χ2n) is 9.05. The second-order valence-corrected chi connectivity index (χ2v) is 9.49. The summed E-state index contributed by atoms with van der Waals surface area (Å²) in [4.78, 5) is 32.2. The average Bonchev–Trinajstić information content (AvgIpc) is 2.81. The Morgan fingerprint density at radius 2 is 1.70 bits per heavy atom. The fourth-order valence-electron chi connectivity index (χ4n) is 4.60. The van der Waals surface area contributed by atoms with E-state index in [0.29, 0.717) is 37.4 Å². The summed E-state index contributed by atoms with van der Waals surface area (Å²) >= 11 is 6.09. The van der Waals surface area contributed by atoms with Crippen molar-refractivity contribution in [2.75, 3.05) is 46.3 Å². The summed E-state index contributed by atoms with van der Waals surface area (Å²) < 4.78 is 6.30. The Kier molecular flexibility index (Phi) is 7.89. The van der Waals surface area contributed by atoms with Crippen LogP contribution in [0, 0.1) is 5.92 Å². The van der Waals surface area contributed by atoms with E-state index >= 15 is 0 Å². The molecule has 0 saturated carbocycles. The number of likely N-dealkylation sites (N-methyl/N-ethyl adjacent to an activating group) is 1. The number of piperazine rings is 1. The molecule has 4 rings (SSSR count). The maximum absolute atomic E-state index is 13.1. The number of amides is 2. The third kappa shape index (κ3) is 6.49. The normalized spacial score (nSPS) is 21.6. The molecule has 2 saturated heterocycles. The van der Waals surface area contributed by atoms with Crippen LogP contribution >= 0.6 is 11.6 Å². The van der Waals surface area contributed by atoms with E-state index in [1.54, 1.807) is 0 Å². The number of hydrogen-bond acceptors (Lipinski definition) is 4. The monoisotopic (exact) mass is 469 g/mol. The molecule has 2 aliphatic rings. The summed E-state index contributed by atoms with van der Waals surface area (Å²) in [6.45, 7) is 4.44. The zero-order chi connectivity index (χ0) is 23.2. The van der Waals surface area contributed by atoms with Crippen LogP contribution in [0.5, 0.6) is 5.75 Å². The first-order chi connectivity index (χ1) is 16.0. The van der Waals surface area contributed by atoms with Crippen LogP contribution in [0.25, 0.3) is 0 Å². The van der Waals surface area contributed by atoms with Gasteiger partial charge in [-0.05, 0) is 36.9 Å². The molecule has 2 atom stereocenters. The zero-order valence-corrected chi connectivity index (χ0v) is 19.9. The van der Waals surface area contributed by atoms with Crippen molar-refractivity contribution >= 4 is 23.4 Å². The molecule has 0 spiro atoms. The minimum Gasteiger partial charge on any atom is -0.490 e. The zero-order valence-electron chi connectivity index (χ0n) is 19.2. The van der Waals surface area contributed by atoms with Gasteiger partial charge in [0.15, 0.2) is 0 Å². The fourth-order valence-corrected chi connectivity index (χ4v) is 4.82. The first-order valence-corrected chi connectivity index (χ1v) is 12.1. The molecule has 2 aromatic rings. The van der Waals surface area contributed by atoms with Gasteiger partial charge in [0.25, 0.3) is 0 Å². The number of para-hydroxylation sites is 1. The Bertz CT molecular complexity index is 947. The third-order valence-corrected chi connectivity index (χ3v) is 6.82. The van der Waals surface area contributed by atoms with Crippen LogP contribution in [-0.2, 0) is 16.0 Å².